The normalized spacial score (nSPS) is 11.8. The topological polar surface area (TPSA) is 52.9 Å². The smallest absolute Gasteiger partial charge is 0.433 e. The Balaban J connectivity index is 2.12. The summed E-state index contributed by atoms with van der Waals surface area (Å²) in [6, 6.07) is 7.94. The van der Waals surface area contributed by atoms with E-state index in [1.54, 1.807) is 20.1 Å². The number of rotatable bonds is 7. The second kappa shape index (κ2) is 8.66. The summed E-state index contributed by atoms with van der Waals surface area (Å²) in [6.45, 7) is 2.01. The molecule has 0 atom stereocenters. The summed E-state index contributed by atoms with van der Waals surface area (Å²) in [5, 5.41) is 3.73. The molecule has 26 heavy (non-hydrogen) atoms. The zero-order valence-electron chi connectivity index (χ0n) is 14.6. The minimum Gasteiger partial charge on any atom is -0.496 e. The Labute approximate surface area is 149 Å². The largest absolute Gasteiger partial charge is 0.496 e. The molecule has 0 fully saturated rings. The van der Waals surface area contributed by atoms with Crippen LogP contribution >= 0.6 is 0 Å². The Kier molecular flexibility index (Phi) is 6.57. The summed E-state index contributed by atoms with van der Waals surface area (Å²) in [4.78, 5) is 8.76. The number of hydrogen-bond donors (Lipinski definition) is 0. The SMILES string of the molecule is COCc1cccc(OC)c1CON=Cc1cc(C)cc(C(F)(F)F)n1. The quantitative estimate of drug-likeness (QED) is 0.545. The molecule has 0 bridgehead atoms. The fourth-order valence-electron chi connectivity index (χ4n) is 2.36. The minimum atomic E-state index is -4.51. The van der Waals surface area contributed by atoms with Gasteiger partial charge in [0.15, 0.2) is 0 Å². The standard InChI is InChI=1S/C18H19F3N2O3/c1-12-7-14(23-17(8-12)18(19,20)21)9-22-26-11-15-13(10-24-2)5-4-6-16(15)25-3/h4-9H,10-11H2,1-3H3. The van der Waals surface area contributed by atoms with Crippen LogP contribution in [-0.2, 0) is 29.0 Å². The molecular formula is C18H19F3N2O3. The number of oxime groups is 1. The molecule has 0 aliphatic heterocycles. The number of halogens is 3. The fraction of sp³-hybridized carbons (Fsp3) is 0.333. The number of aromatic nitrogens is 1. The van der Waals surface area contributed by atoms with Gasteiger partial charge in [0.05, 0.1) is 25.6 Å². The van der Waals surface area contributed by atoms with E-state index in [4.69, 9.17) is 14.3 Å². The van der Waals surface area contributed by atoms with Gasteiger partial charge in [0.1, 0.15) is 18.1 Å². The molecule has 0 radical (unpaired) electrons. The van der Waals surface area contributed by atoms with Crippen molar-refractivity contribution >= 4 is 6.21 Å². The molecule has 1 aromatic heterocycles. The second-order valence-electron chi connectivity index (χ2n) is 5.49. The lowest BCUT2D eigenvalue weighted by atomic mass is 10.1. The molecule has 0 saturated heterocycles. The number of ether oxygens (including phenoxy) is 2. The van der Waals surface area contributed by atoms with Crippen LogP contribution in [0.5, 0.6) is 5.75 Å². The molecule has 2 rings (SSSR count). The molecule has 0 spiro atoms. The van der Waals surface area contributed by atoms with Gasteiger partial charge >= 0.3 is 6.18 Å². The highest BCUT2D eigenvalue weighted by Gasteiger charge is 2.32. The average molecular weight is 368 g/mol. The first-order valence-electron chi connectivity index (χ1n) is 7.70. The van der Waals surface area contributed by atoms with Crippen LogP contribution in [0.2, 0.25) is 0 Å². The Morgan fingerprint density at radius 3 is 2.58 bits per heavy atom. The van der Waals surface area contributed by atoms with Crippen molar-refractivity contribution in [2.45, 2.75) is 26.3 Å². The van der Waals surface area contributed by atoms with E-state index in [0.717, 1.165) is 23.4 Å². The number of methoxy groups -OCH3 is 2. The van der Waals surface area contributed by atoms with E-state index in [-0.39, 0.29) is 12.3 Å². The van der Waals surface area contributed by atoms with E-state index < -0.39 is 11.9 Å². The van der Waals surface area contributed by atoms with Gasteiger partial charge in [0.25, 0.3) is 0 Å². The van der Waals surface area contributed by atoms with Crippen molar-refractivity contribution in [1.82, 2.24) is 4.98 Å². The van der Waals surface area contributed by atoms with Crippen LogP contribution in [0.15, 0.2) is 35.5 Å². The van der Waals surface area contributed by atoms with E-state index >= 15 is 0 Å². The lowest BCUT2D eigenvalue weighted by molar-refractivity contribution is -0.141. The molecule has 1 aromatic carbocycles. The predicted octanol–water partition coefficient (Wildman–Crippen LogP) is 4.11. The molecule has 140 valence electrons. The maximum Gasteiger partial charge on any atom is 0.433 e. The molecule has 8 heteroatoms. The first-order chi connectivity index (χ1) is 12.3. The van der Waals surface area contributed by atoms with Gasteiger partial charge in [0.2, 0.25) is 0 Å². The summed E-state index contributed by atoms with van der Waals surface area (Å²) >= 11 is 0. The zero-order chi connectivity index (χ0) is 19.2. The van der Waals surface area contributed by atoms with E-state index in [0.29, 0.717) is 17.9 Å². The van der Waals surface area contributed by atoms with Crippen molar-refractivity contribution < 1.29 is 27.5 Å². The van der Waals surface area contributed by atoms with Crippen LogP contribution in [0.3, 0.4) is 0 Å². The van der Waals surface area contributed by atoms with Crippen molar-refractivity contribution in [3.63, 3.8) is 0 Å². The first kappa shape index (κ1) is 19.7. The molecule has 0 saturated carbocycles. The summed E-state index contributed by atoms with van der Waals surface area (Å²) in [7, 11) is 3.11. The number of alkyl halides is 3. The Hall–Kier alpha value is -2.61. The Morgan fingerprint density at radius 1 is 1.15 bits per heavy atom. The van der Waals surface area contributed by atoms with Gasteiger partial charge < -0.3 is 14.3 Å². The molecular weight excluding hydrogens is 349 g/mol. The minimum absolute atomic E-state index is 0.0643. The maximum absolute atomic E-state index is 12.8. The molecule has 2 aromatic rings. The van der Waals surface area contributed by atoms with Gasteiger partial charge in [0, 0.05) is 12.7 Å². The molecule has 0 N–H and O–H groups in total. The van der Waals surface area contributed by atoms with Crippen LogP contribution in [0, 0.1) is 6.92 Å². The number of benzene rings is 1. The van der Waals surface area contributed by atoms with Gasteiger partial charge in [-0.3, -0.25) is 0 Å². The molecule has 0 aliphatic carbocycles. The first-order valence-corrected chi connectivity index (χ1v) is 7.70. The summed E-state index contributed by atoms with van der Waals surface area (Å²) in [5.41, 5.74) is 1.15. The lowest BCUT2D eigenvalue weighted by Crippen LogP contribution is -2.10. The highest BCUT2D eigenvalue weighted by Crippen LogP contribution is 2.28. The summed E-state index contributed by atoms with van der Waals surface area (Å²) < 4.78 is 48.8. The Morgan fingerprint density at radius 2 is 1.92 bits per heavy atom. The van der Waals surface area contributed by atoms with Crippen LogP contribution < -0.4 is 4.74 Å². The Bertz CT molecular complexity index is 777. The van der Waals surface area contributed by atoms with E-state index in [9.17, 15) is 13.2 Å². The van der Waals surface area contributed by atoms with Crippen molar-refractivity contribution in [1.29, 1.82) is 0 Å². The highest BCUT2D eigenvalue weighted by molar-refractivity contribution is 5.76. The van der Waals surface area contributed by atoms with E-state index in [1.165, 1.54) is 13.2 Å². The third kappa shape index (κ3) is 5.19. The second-order valence-corrected chi connectivity index (χ2v) is 5.49. The van der Waals surface area contributed by atoms with Crippen molar-refractivity contribution in [3.8, 4) is 5.75 Å². The van der Waals surface area contributed by atoms with Gasteiger partial charge in [-0.15, -0.1) is 0 Å². The molecule has 0 amide bonds. The molecule has 5 nitrogen and oxygen atoms in total. The summed E-state index contributed by atoms with van der Waals surface area (Å²) in [5.74, 6) is 0.614. The van der Waals surface area contributed by atoms with Gasteiger partial charge in [-0.25, -0.2) is 4.98 Å². The average Bonchev–Trinajstić information content (AvgIpc) is 2.58. The van der Waals surface area contributed by atoms with E-state index in [2.05, 4.69) is 10.1 Å². The third-order valence-electron chi connectivity index (χ3n) is 3.50. The van der Waals surface area contributed by atoms with Gasteiger partial charge in [-0.1, -0.05) is 17.3 Å². The van der Waals surface area contributed by atoms with Crippen LogP contribution in [0.25, 0.3) is 0 Å². The zero-order valence-corrected chi connectivity index (χ0v) is 14.6. The van der Waals surface area contributed by atoms with E-state index in [1.807, 2.05) is 12.1 Å². The molecule has 1 heterocycles. The summed E-state index contributed by atoms with van der Waals surface area (Å²) in [6.07, 6.45) is -3.37. The van der Waals surface area contributed by atoms with Crippen molar-refractivity contribution in [3.05, 3.63) is 58.4 Å². The number of nitrogens with zero attached hydrogens (tertiary/aromatic N) is 2. The maximum atomic E-state index is 12.8. The highest BCUT2D eigenvalue weighted by atomic mass is 19.4. The number of aryl methyl sites for hydroxylation is 1. The third-order valence-corrected chi connectivity index (χ3v) is 3.50. The number of pyridine rings is 1. The fourth-order valence-corrected chi connectivity index (χ4v) is 2.36. The monoisotopic (exact) mass is 368 g/mol. The predicted molar refractivity (Wildman–Crippen MR) is 90.1 cm³/mol. The van der Waals surface area contributed by atoms with Crippen LogP contribution in [0.1, 0.15) is 28.1 Å². The number of hydrogen-bond acceptors (Lipinski definition) is 5. The van der Waals surface area contributed by atoms with Crippen molar-refractivity contribution in [2.75, 3.05) is 14.2 Å². The van der Waals surface area contributed by atoms with Crippen molar-refractivity contribution in [2.24, 2.45) is 5.16 Å². The van der Waals surface area contributed by atoms with Gasteiger partial charge in [-0.2, -0.15) is 13.2 Å². The molecule has 0 unspecified atom stereocenters. The molecule has 0 aliphatic rings. The van der Waals surface area contributed by atoms with Crippen LogP contribution in [0.4, 0.5) is 13.2 Å². The van der Waals surface area contributed by atoms with Gasteiger partial charge in [-0.05, 0) is 36.2 Å². The lowest BCUT2D eigenvalue weighted by Gasteiger charge is -2.12. The van der Waals surface area contributed by atoms with Crippen LogP contribution in [-0.4, -0.2) is 25.4 Å².